The molecule has 1 amide bonds. The first-order valence-electron chi connectivity index (χ1n) is 6.04. The molecule has 0 radical (unpaired) electrons. The van der Waals surface area contributed by atoms with E-state index in [1.807, 2.05) is 37.3 Å². The molecule has 0 aliphatic heterocycles. The predicted octanol–water partition coefficient (Wildman–Crippen LogP) is 1.76. The molecule has 19 heavy (non-hydrogen) atoms. The zero-order valence-electron chi connectivity index (χ0n) is 11.0. The highest BCUT2D eigenvalue weighted by atomic mass is 16.1. The fourth-order valence-corrected chi connectivity index (χ4v) is 1.67. The van der Waals surface area contributed by atoms with Gasteiger partial charge in [0.05, 0.1) is 0 Å². The number of aromatic nitrogens is 2. The van der Waals surface area contributed by atoms with Crippen molar-refractivity contribution in [3.05, 3.63) is 53.3 Å². The van der Waals surface area contributed by atoms with Crippen molar-refractivity contribution in [2.45, 2.75) is 13.5 Å². The summed E-state index contributed by atoms with van der Waals surface area (Å²) in [5.74, 6) is 0.246. The van der Waals surface area contributed by atoms with Crippen molar-refractivity contribution >= 4 is 11.9 Å². The Balaban J connectivity index is 2.06. The molecule has 1 aromatic heterocycles. The average molecular weight is 256 g/mol. The Kier molecular flexibility index (Phi) is 4.07. The molecule has 0 spiro atoms. The van der Waals surface area contributed by atoms with Crippen LogP contribution < -0.4 is 10.6 Å². The van der Waals surface area contributed by atoms with E-state index in [4.69, 9.17) is 0 Å². The monoisotopic (exact) mass is 256 g/mol. The Bertz CT molecular complexity index is 569. The van der Waals surface area contributed by atoms with Gasteiger partial charge in [-0.2, -0.15) is 0 Å². The van der Waals surface area contributed by atoms with E-state index in [-0.39, 0.29) is 5.91 Å². The molecule has 98 valence electrons. The Morgan fingerprint density at radius 2 is 1.95 bits per heavy atom. The van der Waals surface area contributed by atoms with Gasteiger partial charge < -0.3 is 10.6 Å². The van der Waals surface area contributed by atoms with Crippen LogP contribution >= 0.6 is 0 Å². The summed E-state index contributed by atoms with van der Waals surface area (Å²) in [4.78, 5) is 20.3. The van der Waals surface area contributed by atoms with Crippen molar-refractivity contribution in [3.8, 4) is 0 Å². The van der Waals surface area contributed by atoms with Gasteiger partial charge in [0.15, 0.2) is 0 Å². The number of anilines is 1. The lowest BCUT2D eigenvalue weighted by molar-refractivity contribution is 0.0946. The third-order valence-corrected chi connectivity index (χ3v) is 2.61. The first-order chi connectivity index (χ1) is 9.19. The van der Waals surface area contributed by atoms with Crippen LogP contribution in [0.1, 0.15) is 21.7 Å². The van der Waals surface area contributed by atoms with Crippen LogP contribution in [-0.4, -0.2) is 22.9 Å². The van der Waals surface area contributed by atoms with Crippen molar-refractivity contribution in [2.75, 3.05) is 12.4 Å². The number of hydrogen-bond donors (Lipinski definition) is 2. The van der Waals surface area contributed by atoms with E-state index >= 15 is 0 Å². The normalized spacial score (nSPS) is 10.0. The van der Waals surface area contributed by atoms with Gasteiger partial charge in [-0.15, -0.1) is 0 Å². The lowest BCUT2D eigenvalue weighted by atomic mass is 10.2. The van der Waals surface area contributed by atoms with E-state index in [1.54, 1.807) is 13.1 Å². The van der Waals surface area contributed by atoms with Crippen LogP contribution in [0.2, 0.25) is 0 Å². The summed E-state index contributed by atoms with van der Waals surface area (Å²) >= 11 is 0. The number of nitrogens with one attached hydrogen (secondary N) is 2. The fraction of sp³-hybridized carbons (Fsp3) is 0.214. The van der Waals surface area contributed by atoms with Gasteiger partial charge in [0.2, 0.25) is 5.95 Å². The molecule has 0 fully saturated rings. The third kappa shape index (κ3) is 3.51. The minimum absolute atomic E-state index is 0.203. The molecule has 1 heterocycles. The van der Waals surface area contributed by atoms with Crippen molar-refractivity contribution in [1.82, 2.24) is 15.3 Å². The zero-order chi connectivity index (χ0) is 13.7. The minimum atomic E-state index is -0.203. The highest BCUT2D eigenvalue weighted by Gasteiger charge is 2.09. The minimum Gasteiger partial charge on any atom is -0.357 e. The lowest BCUT2D eigenvalue weighted by Gasteiger charge is -2.07. The zero-order valence-corrected chi connectivity index (χ0v) is 11.0. The second-order valence-corrected chi connectivity index (χ2v) is 4.14. The summed E-state index contributed by atoms with van der Waals surface area (Å²) in [5, 5.41) is 5.67. The summed E-state index contributed by atoms with van der Waals surface area (Å²) in [6.07, 6.45) is 0. The molecule has 1 aromatic carbocycles. The van der Waals surface area contributed by atoms with E-state index in [0.717, 1.165) is 11.3 Å². The Labute approximate surface area is 112 Å². The van der Waals surface area contributed by atoms with Crippen molar-refractivity contribution in [2.24, 2.45) is 0 Å². The number of carbonyl (C=O) groups excluding carboxylic acids is 1. The van der Waals surface area contributed by atoms with Crippen LogP contribution in [0, 0.1) is 6.92 Å². The Hall–Kier alpha value is -2.43. The summed E-state index contributed by atoms with van der Waals surface area (Å²) in [6.45, 7) is 2.31. The number of rotatable bonds is 4. The second kappa shape index (κ2) is 5.95. The second-order valence-electron chi connectivity index (χ2n) is 4.14. The van der Waals surface area contributed by atoms with Crippen molar-refractivity contribution in [3.63, 3.8) is 0 Å². The molecule has 0 aliphatic carbocycles. The molecule has 0 unspecified atom stereocenters. The van der Waals surface area contributed by atoms with Crippen LogP contribution in [0.4, 0.5) is 5.95 Å². The van der Waals surface area contributed by atoms with E-state index in [2.05, 4.69) is 20.6 Å². The van der Waals surface area contributed by atoms with Gasteiger partial charge in [-0.25, -0.2) is 9.97 Å². The number of aryl methyl sites for hydroxylation is 1. The third-order valence-electron chi connectivity index (χ3n) is 2.61. The van der Waals surface area contributed by atoms with Gasteiger partial charge in [0, 0.05) is 19.3 Å². The summed E-state index contributed by atoms with van der Waals surface area (Å²) in [6, 6.07) is 11.4. The molecule has 0 atom stereocenters. The van der Waals surface area contributed by atoms with Gasteiger partial charge in [0.1, 0.15) is 5.69 Å². The predicted molar refractivity (Wildman–Crippen MR) is 73.9 cm³/mol. The SMILES string of the molecule is CNc1nc(C)cc(C(=O)NCc2ccccc2)n1. The average Bonchev–Trinajstić information content (AvgIpc) is 2.45. The molecule has 2 N–H and O–H groups in total. The van der Waals surface area contributed by atoms with Crippen molar-refractivity contribution < 1.29 is 4.79 Å². The number of amides is 1. The molecule has 2 rings (SSSR count). The first-order valence-corrected chi connectivity index (χ1v) is 6.04. The van der Waals surface area contributed by atoms with Crippen molar-refractivity contribution in [1.29, 1.82) is 0 Å². The fourth-order valence-electron chi connectivity index (χ4n) is 1.67. The van der Waals surface area contributed by atoms with Gasteiger partial charge >= 0.3 is 0 Å². The number of hydrogen-bond acceptors (Lipinski definition) is 4. The summed E-state index contributed by atoms with van der Waals surface area (Å²) in [7, 11) is 1.72. The quantitative estimate of drug-likeness (QED) is 0.874. The Morgan fingerprint density at radius 1 is 1.21 bits per heavy atom. The molecular formula is C14H16N4O. The molecule has 0 saturated carbocycles. The Morgan fingerprint density at radius 3 is 2.63 bits per heavy atom. The highest BCUT2D eigenvalue weighted by Crippen LogP contribution is 2.05. The largest absolute Gasteiger partial charge is 0.357 e. The topological polar surface area (TPSA) is 66.9 Å². The van der Waals surface area contributed by atoms with Gasteiger partial charge in [0.25, 0.3) is 5.91 Å². The van der Waals surface area contributed by atoms with Gasteiger partial charge in [-0.05, 0) is 18.6 Å². The molecule has 5 heteroatoms. The number of carbonyl (C=O) groups is 1. The number of nitrogens with zero attached hydrogens (tertiary/aromatic N) is 2. The molecule has 0 saturated heterocycles. The molecular weight excluding hydrogens is 240 g/mol. The van der Waals surface area contributed by atoms with E-state index in [0.29, 0.717) is 18.2 Å². The maximum absolute atomic E-state index is 12.0. The summed E-state index contributed by atoms with van der Waals surface area (Å²) < 4.78 is 0. The van der Waals surface area contributed by atoms with Crippen LogP contribution in [-0.2, 0) is 6.54 Å². The van der Waals surface area contributed by atoms with E-state index in [1.165, 1.54) is 0 Å². The molecule has 2 aromatic rings. The molecule has 0 aliphatic rings. The molecule has 0 bridgehead atoms. The van der Waals surface area contributed by atoms with Crippen LogP contribution in [0.3, 0.4) is 0 Å². The maximum Gasteiger partial charge on any atom is 0.270 e. The van der Waals surface area contributed by atoms with Gasteiger partial charge in [-0.1, -0.05) is 30.3 Å². The van der Waals surface area contributed by atoms with E-state index < -0.39 is 0 Å². The van der Waals surface area contributed by atoms with Crippen LogP contribution in [0.25, 0.3) is 0 Å². The lowest BCUT2D eigenvalue weighted by Crippen LogP contribution is -2.24. The van der Waals surface area contributed by atoms with Gasteiger partial charge in [-0.3, -0.25) is 4.79 Å². The number of benzene rings is 1. The van der Waals surface area contributed by atoms with E-state index in [9.17, 15) is 4.79 Å². The maximum atomic E-state index is 12.0. The molecule has 5 nitrogen and oxygen atoms in total. The highest BCUT2D eigenvalue weighted by molar-refractivity contribution is 5.92. The van der Waals surface area contributed by atoms with Crippen LogP contribution in [0.15, 0.2) is 36.4 Å². The van der Waals surface area contributed by atoms with Crippen LogP contribution in [0.5, 0.6) is 0 Å². The summed E-state index contributed by atoms with van der Waals surface area (Å²) in [5.41, 5.74) is 2.17. The smallest absolute Gasteiger partial charge is 0.270 e. The standard InChI is InChI=1S/C14H16N4O/c1-10-8-12(18-14(15-2)17-10)13(19)16-9-11-6-4-3-5-7-11/h3-8H,9H2,1-2H3,(H,16,19)(H,15,17,18). The first kappa shape index (κ1) is 13.0.